The number of halogens is 3. The Morgan fingerprint density at radius 1 is 0.952 bits per heavy atom. The Morgan fingerprint density at radius 3 is 2.29 bits per heavy atom. The normalized spacial score (nSPS) is 23.6. The van der Waals surface area contributed by atoms with Crippen molar-refractivity contribution in [1.29, 1.82) is 0 Å². The van der Waals surface area contributed by atoms with E-state index in [-0.39, 0.29) is 18.2 Å². The highest BCUT2D eigenvalue weighted by atomic mass is 35.5. The molecule has 0 bridgehead atoms. The van der Waals surface area contributed by atoms with E-state index < -0.39 is 57.9 Å². The summed E-state index contributed by atoms with van der Waals surface area (Å²) in [6, 6.07) is 18.7. The fourth-order valence-electron chi connectivity index (χ4n) is 5.84. The molecule has 1 heterocycles. The SMILES string of the molecule is O=C1[C@H](CO)O[C@H](c2cccc(Cl)c2)[C@@H](c2ccc(Cl)cc2)N1[C@H](CN(c1ccccc1F)S(=O)(=O)C1CC1)C1CC1. The molecule has 42 heavy (non-hydrogen) atoms. The van der Waals surface area contributed by atoms with Crippen LogP contribution in [-0.4, -0.2) is 54.9 Å². The Labute approximate surface area is 254 Å². The Hall–Kier alpha value is -2.69. The van der Waals surface area contributed by atoms with Gasteiger partial charge in [0.15, 0.2) is 6.10 Å². The Balaban J connectivity index is 1.49. The molecule has 1 aliphatic heterocycles. The van der Waals surface area contributed by atoms with Crippen molar-refractivity contribution in [3.05, 3.63) is 99.8 Å². The first kappa shape index (κ1) is 29.4. The van der Waals surface area contributed by atoms with Gasteiger partial charge in [0.2, 0.25) is 10.0 Å². The molecule has 11 heteroatoms. The van der Waals surface area contributed by atoms with E-state index in [4.69, 9.17) is 27.9 Å². The molecule has 6 rings (SSSR count). The summed E-state index contributed by atoms with van der Waals surface area (Å²) >= 11 is 12.6. The molecule has 0 spiro atoms. The van der Waals surface area contributed by atoms with Gasteiger partial charge >= 0.3 is 0 Å². The molecule has 1 amide bonds. The summed E-state index contributed by atoms with van der Waals surface area (Å²) in [5.74, 6) is -1.13. The summed E-state index contributed by atoms with van der Waals surface area (Å²) in [5, 5.41) is 10.7. The summed E-state index contributed by atoms with van der Waals surface area (Å²) in [7, 11) is -3.90. The third kappa shape index (κ3) is 5.77. The van der Waals surface area contributed by atoms with Crippen LogP contribution in [-0.2, 0) is 19.6 Å². The van der Waals surface area contributed by atoms with Crippen LogP contribution in [0.1, 0.15) is 49.0 Å². The number of sulfonamides is 1. The summed E-state index contributed by atoms with van der Waals surface area (Å²) in [6.07, 6.45) is 0.665. The molecule has 4 atom stereocenters. The van der Waals surface area contributed by atoms with E-state index >= 15 is 4.39 Å². The molecule has 0 radical (unpaired) electrons. The number of hydrogen-bond acceptors (Lipinski definition) is 5. The molecule has 1 N–H and O–H groups in total. The second-order valence-corrected chi connectivity index (χ2v) is 14.2. The number of ether oxygens (including phenoxy) is 1. The summed E-state index contributed by atoms with van der Waals surface area (Å²) < 4.78 is 50.2. The zero-order valence-corrected chi connectivity index (χ0v) is 25.0. The van der Waals surface area contributed by atoms with Gasteiger partial charge in [0.05, 0.1) is 36.2 Å². The van der Waals surface area contributed by atoms with Gasteiger partial charge in [-0.2, -0.15) is 0 Å². The largest absolute Gasteiger partial charge is 0.393 e. The number of para-hydroxylation sites is 1. The summed E-state index contributed by atoms with van der Waals surface area (Å²) in [5.41, 5.74) is 1.38. The molecule has 1 saturated heterocycles. The average molecular weight is 634 g/mol. The first-order valence-electron chi connectivity index (χ1n) is 14.0. The minimum absolute atomic E-state index is 0.0233. The van der Waals surface area contributed by atoms with Gasteiger partial charge in [-0.3, -0.25) is 9.10 Å². The fourth-order valence-corrected chi connectivity index (χ4v) is 8.04. The Morgan fingerprint density at radius 2 is 1.67 bits per heavy atom. The number of nitrogens with zero attached hydrogens (tertiary/aromatic N) is 2. The number of benzene rings is 3. The molecule has 3 aliphatic rings. The van der Waals surface area contributed by atoms with E-state index in [0.29, 0.717) is 28.5 Å². The van der Waals surface area contributed by atoms with Gasteiger partial charge in [-0.1, -0.05) is 59.6 Å². The summed E-state index contributed by atoms with van der Waals surface area (Å²) in [4.78, 5) is 15.8. The fraction of sp³-hybridized carbons (Fsp3) is 0.387. The van der Waals surface area contributed by atoms with Gasteiger partial charge in [-0.05, 0) is 79.1 Å². The second kappa shape index (κ2) is 11.8. The lowest BCUT2D eigenvalue weighted by Gasteiger charge is -2.49. The van der Waals surface area contributed by atoms with Crippen LogP contribution in [0, 0.1) is 11.7 Å². The van der Waals surface area contributed by atoms with Crippen LogP contribution >= 0.6 is 23.2 Å². The molecule has 0 unspecified atom stereocenters. The minimum Gasteiger partial charge on any atom is -0.393 e. The number of morpholine rings is 1. The minimum atomic E-state index is -3.90. The standard InChI is InChI=1S/C31H31Cl2FN2O5S/c32-22-12-10-20(11-13-22)29-30(21-4-3-5-23(33)16-21)41-28(18-37)31(38)36(29)27(19-8-9-19)17-35(42(39,40)24-14-15-24)26-7-2-1-6-25(26)34/h1-7,10-13,16,19,24,27-30,37H,8-9,14-15,17-18H2/t27-,28+,29-,30-/m1/s1. The van der Waals surface area contributed by atoms with Crippen molar-refractivity contribution in [3.63, 3.8) is 0 Å². The zero-order valence-electron chi connectivity index (χ0n) is 22.7. The van der Waals surface area contributed by atoms with Crippen LogP contribution < -0.4 is 4.31 Å². The second-order valence-electron chi connectivity index (χ2n) is 11.2. The van der Waals surface area contributed by atoms with Crippen molar-refractivity contribution in [2.45, 2.75) is 55.2 Å². The topological polar surface area (TPSA) is 87.2 Å². The van der Waals surface area contributed by atoms with Crippen LogP contribution in [0.2, 0.25) is 10.0 Å². The highest BCUT2D eigenvalue weighted by Gasteiger charge is 2.52. The van der Waals surface area contributed by atoms with Crippen molar-refractivity contribution >= 4 is 44.8 Å². The number of carbonyl (C=O) groups is 1. The first-order chi connectivity index (χ1) is 20.2. The molecule has 0 aromatic heterocycles. The van der Waals surface area contributed by atoms with Crippen molar-refractivity contribution in [3.8, 4) is 0 Å². The third-order valence-corrected chi connectivity index (χ3v) is 11.0. The molecule has 3 aromatic carbocycles. The predicted octanol–water partition coefficient (Wildman–Crippen LogP) is 5.91. The number of amides is 1. The van der Waals surface area contributed by atoms with E-state index in [2.05, 4.69) is 0 Å². The van der Waals surface area contributed by atoms with Crippen LogP contribution in [0.15, 0.2) is 72.8 Å². The molecule has 2 saturated carbocycles. The van der Waals surface area contributed by atoms with Gasteiger partial charge in [-0.15, -0.1) is 0 Å². The number of rotatable bonds is 10. The smallest absolute Gasteiger partial charge is 0.255 e. The molecule has 3 fully saturated rings. The number of carbonyl (C=O) groups excluding carboxylic acids is 1. The van der Waals surface area contributed by atoms with Crippen LogP contribution in [0.5, 0.6) is 0 Å². The van der Waals surface area contributed by atoms with E-state index in [1.54, 1.807) is 41.3 Å². The maximum atomic E-state index is 15.2. The van der Waals surface area contributed by atoms with Crippen LogP contribution in [0.3, 0.4) is 0 Å². The van der Waals surface area contributed by atoms with Crippen molar-refractivity contribution in [2.75, 3.05) is 17.5 Å². The lowest BCUT2D eigenvalue weighted by atomic mass is 9.89. The third-order valence-electron chi connectivity index (χ3n) is 8.23. The number of hydrogen-bond donors (Lipinski definition) is 1. The quantitative estimate of drug-likeness (QED) is 0.300. The highest BCUT2D eigenvalue weighted by Crippen LogP contribution is 2.48. The summed E-state index contributed by atoms with van der Waals surface area (Å²) in [6.45, 7) is -0.685. The van der Waals surface area contributed by atoms with Crippen LogP contribution in [0.4, 0.5) is 10.1 Å². The predicted molar refractivity (Wildman–Crippen MR) is 159 cm³/mol. The van der Waals surface area contributed by atoms with Crippen molar-refractivity contribution in [2.24, 2.45) is 5.92 Å². The van der Waals surface area contributed by atoms with Crippen molar-refractivity contribution in [1.82, 2.24) is 4.90 Å². The molecule has 3 aromatic rings. The van der Waals surface area contributed by atoms with Gasteiger partial charge in [0.1, 0.15) is 11.9 Å². The van der Waals surface area contributed by atoms with E-state index in [0.717, 1.165) is 22.7 Å². The zero-order chi connectivity index (χ0) is 29.6. The Bertz CT molecular complexity index is 1570. The van der Waals surface area contributed by atoms with E-state index in [9.17, 15) is 18.3 Å². The van der Waals surface area contributed by atoms with Gasteiger partial charge in [0, 0.05) is 10.0 Å². The van der Waals surface area contributed by atoms with Crippen molar-refractivity contribution < 1.29 is 27.4 Å². The lowest BCUT2D eigenvalue weighted by molar-refractivity contribution is -0.184. The van der Waals surface area contributed by atoms with Gasteiger partial charge < -0.3 is 14.7 Å². The average Bonchev–Trinajstić information content (AvgIpc) is 3.88. The number of aliphatic hydroxyl groups is 1. The molecular weight excluding hydrogens is 602 g/mol. The number of anilines is 1. The van der Waals surface area contributed by atoms with Gasteiger partial charge in [-0.25, -0.2) is 12.8 Å². The maximum Gasteiger partial charge on any atom is 0.255 e. The maximum absolute atomic E-state index is 15.2. The first-order valence-corrected chi connectivity index (χ1v) is 16.3. The molecule has 7 nitrogen and oxygen atoms in total. The highest BCUT2D eigenvalue weighted by molar-refractivity contribution is 7.93. The molecule has 2 aliphatic carbocycles. The molecule has 222 valence electrons. The van der Waals surface area contributed by atoms with E-state index in [1.807, 2.05) is 18.2 Å². The van der Waals surface area contributed by atoms with Gasteiger partial charge in [0.25, 0.3) is 5.91 Å². The van der Waals surface area contributed by atoms with E-state index in [1.165, 1.54) is 18.2 Å². The molecular formula is C31H31Cl2FN2O5S. The van der Waals surface area contributed by atoms with Crippen LogP contribution in [0.25, 0.3) is 0 Å². The monoisotopic (exact) mass is 632 g/mol. The lowest BCUT2D eigenvalue weighted by Crippen LogP contribution is -2.59. The number of aliphatic hydroxyl groups excluding tert-OH is 1. The Kier molecular flexibility index (Phi) is 8.24.